The first-order chi connectivity index (χ1) is 54.7. The second-order valence-corrected chi connectivity index (χ2v) is 33.2. The number of rotatable bonds is 16. The Hall–Kier alpha value is -5.90. The summed E-state index contributed by atoms with van der Waals surface area (Å²) >= 11 is 0. The van der Waals surface area contributed by atoms with Crippen molar-refractivity contribution in [1.82, 2.24) is 0 Å². The fourth-order valence-electron chi connectivity index (χ4n) is 11.2. The van der Waals surface area contributed by atoms with E-state index in [9.17, 15) is 0 Å². The van der Waals surface area contributed by atoms with Gasteiger partial charge < -0.3 is 61.2 Å². The topological polar surface area (TPSA) is 110 Å². The third-order valence-corrected chi connectivity index (χ3v) is 25.1. The van der Waals surface area contributed by atoms with Crippen molar-refractivity contribution >= 4 is 97.5 Å². The molecule has 603 valence electrons. The summed E-state index contributed by atoms with van der Waals surface area (Å²) in [4.78, 5) is 0. The van der Waals surface area contributed by atoms with Gasteiger partial charge in [-0.05, 0) is 121 Å². The predicted molar refractivity (Wildman–Crippen MR) is 475 cm³/mol. The van der Waals surface area contributed by atoms with Crippen LogP contribution in [0.1, 0.15) is 77.0 Å². The quantitative estimate of drug-likeness (QED) is 0.0758. The molecule has 0 aliphatic carbocycles. The first-order valence-corrected chi connectivity index (χ1v) is 44.2. The van der Waals surface area contributed by atoms with Crippen molar-refractivity contribution in [1.29, 1.82) is 0 Å². The largest absolute Gasteiger partial charge is 2.00 e. The molecule has 114 heavy (non-hydrogen) atoms. The van der Waals surface area contributed by atoms with Crippen molar-refractivity contribution in [3.8, 4) is 0 Å². The average molecular weight is 1860 g/mol. The molecule has 1 radical (unpaired) electrons. The number of hydrogen-bond donors (Lipinski definition) is 1. The van der Waals surface area contributed by atoms with Crippen LogP contribution < -0.4 is 78.8 Å². The molecule has 18 heteroatoms. The number of hydrogen-bond acceptors (Lipinski definition) is 7. The molecule has 0 amide bonds. The van der Waals surface area contributed by atoms with Crippen LogP contribution in [0.4, 0.5) is 22.7 Å². The van der Waals surface area contributed by atoms with Gasteiger partial charge in [0.25, 0.3) is 0 Å². The molecule has 18 rings (SSSR count). The molecule has 0 unspecified atom stereocenters. The second kappa shape index (κ2) is 65.1. The Bertz CT molecular complexity index is 3370. The third kappa shape index (κ3) is 41.5. The number of halogens is 1. The summed E-state index contributed by atoms with van der Waals surface area (Å²) in [7, 11) is -2.68. The van der Waals surface area contributed by atoms with E-state index in [-0.39, 0.29) is 88.6 Å². The van der Waals surface area contributed by atoms with Crippen molar-refractivity contribution in [2.75, 3.05) is 84.4 Å². The van der Waals surface area contributed by atoms with Crippen molar-refractivity contribution < 1.29 is 117 Å². The fraction of sp³-hybridized carbons (Fsp3) is 0.250. The molecule has 6 aliphatic heterocycles. The van der Waals surface area contributed by atoms with Crippen LogP contribution >= 0.6 is 32.3 Å². The molecule has 6 aliphatic rings. The summed E-state index contributed by atoms with van der Waals surface area (Å²) < 4.78 is 29.7. The SMILES string of the molecule is C1CCOC1.C1CCOC1.C1CCOC1.C1CCOC1.C1CCOC1.C1CCOC1.[Cl-].[Li+].[Lu].[Pd+2].c1ccc(NP(c2ccccc2)c2ccccc2)cc1.c1ccc([N-]P(c2ccccc2)c2ccccc2)cc1.c1ccc([N-]P(c2ccccc2)c2ccccc2)cc1.c1ccc([N-]P(c2ccccc2)c2ccccc2)cc1. The minimum Gasteiger partial charge on any atom is -1.00 e. The molecule has 0 spiro atoms. The monoisotopic (exact) mass is 1860 g/mol. The minimum atomic E-state index is -0.702. The van der Waals surface area contributed by atoms with Crippen molar-refractivity contribution in [2.24, 2.45) is 0 Å². The Kier molecular flexibility index (Phi) is 56.3. The van der Waals surface area contributed by atoms with Crippen LogP contribution in [0.2, 0.25) is 0 Å². The molecule has 0 saturated carbocycles. The van der Waals surface area contributed by atoms with Crippen LogP contribution in [-0.4, -0.2) is 79.3 Å². The Balaban J connectivity index is 0.000000238. The summed E-state index contributed by atoms with van der Waals surface area (Å²) in [5.74, 6) is 0. The Morgan fingerprint density at radius 3 is 0.491 bits per heavy atom. The fourth-order valence-corrected chi connectivity index (χ4v) is 18.5. The molecule has 6 heterocycles. The van der Waals surface area contributed by atoms with E-state index in [4.69, 9.17) is 43.7 Å². The predicted octanol–water partition coefficient (Wildman–Crippen LogP) is 17.2. The molecule has 0 atom stereocenters. The molecular formula is C96H109ClLiLuN4O6P4Pd-. The molecule has 12 aromatic carbocycles. The van der Waals surface area contributed by atoms with Gasteiger partial charge in [0.05, 0.1) is 8.07 Å². The summed E-state index contributed by atoms with van der Waals surface area (Å²) in [6, 6.07) is 125. The maximum atomic E-state index is 4.96. The van der Waals surface area contributed by atoms with Gasteiger partial charge in [0.2, 0.25) is 0 Å². The summed E-state index contributed by atoms with van der Waals surface area (Å²) in [6.07, 6.45) is 15.3. The maximum Gasteiger partial charge on any atom is 2.00 e. The van der Waals surface area contributed by atoms with Gasteiger partial charge in [-0.3, -0.25) is 0 Å². The Labute approximate surface area is 747 Å². The second-order valence-electron chi connectivity index (χ2n) is 25.7. The van der Waals surface area contributed by atoms with Crippen LogP contribution in [0.3, 0.4) is 0 Å². The smallest absolute Gasteiger partial charge is 1.00 e. The Morgan fingerprint density at radius 2 is 0.342 bits per heavy atom. The van der Waals surface area contributed by atoms with Gasteiger partial charge in [0.1, 0.15) is 0 Å². The van der Waals surface area contributed by atoms with Crippen LogP contribution in [0.25, 0.3) is 15.3 Å². The molecule has 0 bridgehead atoms. The zero-order valence-corrected chi connectivity index (χ0v) is 73.2. The van der Waals surface area contributed by atoms with Gasteiger partial charge in [-0.1, -0.05) is 352 Å². The molecule has 6 fully saturated rings. The van der Waals surface area contributed by atoms with Gasteiger partial charge in [0.15, 0.2) is 0 Å². The maximum absolute atomic E-state index is 4.96. The average Bonchev–Trinajstić information content (AvgIpc) is 1.66. The van der Waals surface area contributed by atoms with E-state index in [2.05, 4.69) is 272 Å². The minimum absolute atomic E-state index is 0. The van der Waals surface area contributed by atoms with E-state index in [1.54, 1.807) is 0 Å². The third-order valence-electron chi connectivity index (χ3n) is 16.9. The van der Waals surface area contributed by atoms with E-state index in [1.807, 2.05) is 97.1 Å². The molecule has 1 N–H and O–H groups in total. The van der Waals surface area contributed by atoms with Crippen LogP contribution in [-0.2, 0) is 48.8 Å². The van der Waals surface area contributed by atoms with E-state index in [0.717, 1.165) is 102 Å². The number of benzene rings is 12. The number of nitrogens with one attached hydrogen (secondary N) is 1. The molecular weight excluding hydrogens is 1750 g/mol. The first-order valence-electron chi connectivity index (χ1n) is 38.9. The molecule has 0 aromatic heterocycles. The van der Waals surface area contributed by atoms with Gasteiger partial charge in [-0.15, -0.1) is 41.3 Å². The number of nitrogens with zero attached hydrogens (tertiary/aromatic N) is 3. The number of anilines is 1. The normalized spacial score (nSPS) is 13.6. The van der Waals surface area contributed by atoms with Gasteiger partial charge in [-0.2, -0.15) is 0 Å². The van der Waals surface area contributed by atoms with Gasteiger partial charge in [0, 0.05) is 132 Å². The Morgan fingerprint density at radius 1 is 0.202 bits per heavy atom. The van der Waals surface area contributed by atoms with Crippen molar-refractivity contribution in [2.45, 2.75) is 77.0 Å². The van der Waals surface area contributed by atoms with Crippen LogP contribution in [0.5, 0.6) is 0 Å². The summed E-state index contributed by atoms with van der Waals surface area (Å²) in [6.45, 7) is 12.0. The zero-order valence-electron chi connectivity index (χ0n) is 65.6. The first kappa shape index (κ1) is 98.7. The van der Waals surface area contributed by atoms with Crippen molar-refractivity contribution in [3.63, 3.8) is 0 Å². The van der Waals surface area contributed by atoms with Crippen molar-refractivity contribution in [3.05, 3.63) is 379 Å². The number of para-hydroxylation sites is 1. The molecule has 12 aromatic rings. The zero-order chi connectivity index (χ0) is 75.7. The molecule has 10 nitrogen and oxygen atoms in total. The van der Waals surface area contributed by atoms with E-state index >= 15 is 0 Å². The van der Waals surface area contributed by atoms with Crippen LogP contribution in [0.15, 0.2) is 364 Å². The molecule has 6 saturated heterocycles. The van der Waals surface area contributed by atoms with E-state index in [1.165, 1.54) is 119 Å². The summed E-state index contributed by atoms with van der Waals surface area (Å²) in [5, 5.41) is 28.9. The number of ether oxygens (including phenoxy) is 6. The van der Waals surface area contributed by atoms with E-state index < -0.39 is 32.3 Å². The van der Waals surface area contributed by atoms with Gasteiger partial charge >= 0.3 is 39.3 Å². The van der Waals surface area contributed by atoms with E-state index in [0.29, 0.717) is 0 Å². The standard InChI is InChI=1S/C18H16NP.3C18H15NP.6C4H8O.ClH.Li.Lu.Pd/c4*1-4-10-16(11-5-1)19-20(17-12-6-2-7-13-17)18-14-8-3-9-15-18;6*1-2-4-5-3-1;;;;/h1-15,19H;3*1-15H;6*1-4H2;1H;;;/q;3*-1;;;;;;;;+1;;+2/p-1. The summed E-state index contributed by atoms with van der Waals surface area (Å²) in [5.41, 5.74) is 4.26. The van der Waals surface area contributed by atoms with Gasteiger partial charge in [-0.25, -0.2) is 0 Å². The van der Waals surface area contributed by atoms with Crippen LogP contribution in [0, 0.1) is 36.9 Å².